The maximum Gasteiger partial charge on any atom is 0.435 e. The van der Waals surface area contributed by atoms with E-state index in [0.29, 0.717) is 30.1 Å². The van der Waals surface area contributed by atoms with Gasteiger partial charge < -0.3 is 5.32 Å². The first-order chi connectivity index (χ1) is 9.54. The number of aromatic nitrogens is 2. The molecule has 3 rings (SSSR count). The second kappa shape index (κ2) is 5.39. The van der Waals surface area contributed by atoms with Crippen molar-refractivity contribution in [3.63, 3.8) is 0 Å². The highest BCUT2D eigenvalue weighted by molar-refractivity contribution is 5.31. The van der Waals surface area contributed by atoms with Crippen LogP contribution >= 0.6 is 0 Å². The van der Waals surface area contributed by atoms with Crippen LogP contribution in [0.15, 0.2) is 0 Å². The quantitative estimate of drug-likeness (QED) is 0.877. The molecule has 2 aliphatic carbocycles. The van der Waals surface area contributed by atoms with E-state index in [4.69, 9.17) is 0 Å². The van der Waals surface area contributed by atoms with Crippen LogP contribution < -0.4 is 5.32 Å². The van der Waals surface area contributed by atoms with Crippen LogP contribution in [0.3, 0.4) is 0 Å². The number of hydrogen-bond acceptors (Lipinski definition) is 2. The number of fused-ring (bicyclic) bond motifs is 1. The number of H-pyrrole nitrogens is 1. The van der Waals surface area contributed by atoms with Crippen molar-refractivity contribution >= 4 is 0 Å². The van der Waals surface area contributed by atoms with Gasteiger partial charge in [-0.05, 0) is 32.1 Å². The maximum absolute atomic E-state index is 12.9. The molecule has 20 heavy (non-hydrogen) atoms. The van der Waals surface area contributed by atoms with Crippen LogP contribution in [0.5, 0.6) is 0 Å². The molecule has 1 atom stereocenters. The summed E-state index contributed by atoms with van der Waals surface area (Å²) in [6.45, 7) is 0. The van der Waals surface area contributed by atoms with E-state index < -0.39 is 11.9 Å². The summed E-state index contributed by atoms with van der Waals surface area (Å²) in [6.07, 6.45) is 3.69. The third kappa shape index (κ3) is 2.85. The van der Waals surface area contributed by atoms with Crippen molar-refractivity contribution in [2.24, 2.45) is 0 Å². The topological polar surface area (TPSA) is 40.7 Å². The summed E-state index contributed by atoms with van der Waals surface area (Å²) in [5, 5.41) is 9.59. The van der Waals surface area contributed by atoms with Crippen LogP contribution in [-0.4, -0.2) is 22.3 Å². The lowest BCUT2D eigenvalue weighted by Gasteiger charge is -2.31. The van der Waals surface area contributed by atoms with E-state index in [1.807, 2.05) is 0 Å². The van der Waals surface area contributed by atoms with E-state index in [1.54, 1.807) is 0 Å². The summed E-state index contributed by atoms with van der Waals surface area (Å²) in [7, 11) is 0. The molecule has 2 aliphatic rings. The number of rotatable bonds is 2. The zero-order chi connectivity index (χ0) is 14.2. The summed E-state index contributed by atoms with van der Waals surface area (Å²) in [5.41, 5.74) is 0.318. The Morgan fingerprint density at radius 2 is 1.80 bits per heavy atom. The highest BCUT2D eigenvalue weighted by Crippen LogP contribution is 2.35. The first-order valence-corrected chi connectivity index (χ1v) is 7.43. The SMILES string of the molecule is FC(F)(F)c1n[nH]c2c1CC(NC1CCCCC1)CC2. The molecule has 1 fully saturated rings. The zero-order valence-corrected chi connectivity index (χ0v) is 11.4. The van der Waals surface area contributed by atoms with Gasteiger partial charge >= 0.3 is 6.18 Å². The largest absolute Gasteiger partial charge is 0.435 e. The molecule has 0 aliphatic heterocycles. The molecule has 1 unspecified atom stereocenters. The molecule has 1 aromatic rings. The van der Waals surface area contributed by atoms with Gasteiger partial charge in [0.1, 0.15) is 0 Å². The smallest absolute Gasteiger partial charge is 0.311 e. The molecular weight excluding hydrogens is 267 g/mol. The summed E-state index contributed by atoms with van der Waals surface area (Å²) in [5.74, 6) is 0. The molecule has 1 saturated carbocycles. The number of aryl methyl sites for hydroxylation is 1. The summed E-state index contributed by atoms with van der Waals surface area (Å²) in [4.78, 5) is 0. The van der Waals surface area contributed by atoms with Crippen molar-refractivity contribution in [3.8, 4) is 0 Å². The number of halogens is 3. The minimum atomic E-state index is -4.35. The van der Waals surface area contributed by atoms with Gasteiger partial charge in [-0.2, -0.15) is 18.3 Å². The van der Waals surface area contributed by atoms with Gasteiger partial charge in [0, 0.05) is 23.3 Å². The number of aromatic amines is 1. The Morgan fingerprint density at radius 1 is 1.05 bits per heavy atom. The van der Waals surface area contributed by atoms with Gasteiger partial charge in [0.15, 0.2) is 5.69 Å². The van der Waals surface area contributed by atoms with E-state index in [2.05, 4.69) is 15.5 Å². The number of nitrogens with zero attached hydrogens (tertiary/aromatic N) is 1. The van der Waals surface area contributed by atoms with E-state index in [1.165, 1.54) is 19.3 Å². The predicted molar refractivity (Wildman–Crippen MR) is 69.4 cm³/mol. The summed E-state index contributed by atoms with van der Waals surface area (Å²) >= 11 is 0. The Kier molecular flexibility index (Phi) is 3.75. The lowest BCUT2D eigenvalue weighted by molar-refractivity contribution is -0.141. The van der Waals surface area contributed by atoms with Gasteiger partial charge in [-0.1, -0.05) is 19.3 Å². The van der Waals surface area contributed by atoms with Crippen molar-refractivity contribution in [2.45, 2.75) is 69.6 Å². The Labute approximate surface area is 116 Å². The molecular formula is C14H20F3N3. The highest BCUT2D eigenvalue weighted by Gasteiger charge is 2.39. The minimum Gasteiger partial charge on any atom is -0.311 e. The monoisotopic (exact) mass is 287 g/mol. The fourth-order valence-electron chi connectivity index (χ4n) is 3.47. The molecule has 0 aromatic carbocycles. The van der Waals surface area contributed by atoms with E-state index in [-0.39, 0.29) is 6.04 Å². The van der Waals surface area contributed by atoms with Crippen LogP contribution in [-0.2, 0) is 19.0 Å². The zero-order valence-electron chi connectivity index (χ0n) is 11.4. The minimum absolute atomic E-state index is 0.157. The second-order valence-electron chi connectivity index (χ2n) is 5.97. The van der Waals surface area contributed by atoms with Crippen molar-refractivity contribution in [1.29, 1.82) is 0 Å². The van der Waals surface area contributed by atoms with Gasteiger partial charge in [0.2, 0.25) is 0 Å². The third-order valence-electron chi connectivity index (χ3n) is 4.49. The summed E-state index contributed by atoms with van der Waals surface area (Å²) < 4.78 is 38.7. The molecule has 1 heterocycles. The second-order valence-corrected chi connectivity index (χ2v) is 5.97. The van der Waals surface area contributed by atoms with Crippen LogP contribution in [0.4, 0.5) is 13.2 Å². The van der Waals surface area contributed by atoms with Crippen molar-refractivity contribution in [2.75, 3.05) is 0 Å². The fraction of sp³-hybridized carbons (Fsp3) is 0.786. The predicted octanol–water partition coefficient (Wildman–Crippen LogP) is 3.21. The van der Waals surface area contributed by atoms with Crippen LogP contribution in [0.25, 0.3) is 0 Å². The van der Waals surface area contributed by atoms with E-state index in [0.717, 1.165) is 19.3 Å². The van der Waals surface area contributed by atoms with E-state index >= 15 is 0 Å². The molecule has 2 N–H and O–H groups in total. The first kappa shape index (κ1) is 13.9. The number of alkyl halides is 3. The molecule has 0 radical (unpaired) electrons. The van der Waals surface area contributed by atoms with Crippen LogP contribution in [0, 0.1) is 0 Å². The first-order valence-electron chi connectivity index (χ1n) is 7.43. The third-order valence-corrected chi connectivity index (χ3v) is 4.49. The standard InChI is InChI=1S/C14H20F3N3/c15-14(16,17)13-11-8-10(6-7-12(11)19-20-13)18-9-4-2-1-3-5-9/h9-10,18H,1-8H2,(H,19,20). The highest BCUT2D eigenvalue weighted by atomic mass is 19.4. The fourth-order valence-corrected chi connectivity index (χ4v) is 3.47. The van der Waals surface area contributed by atoms with Gasteiger partial charge in [-0.15, -0.1) is 0 Å². The van der Waals surface area contributed by atoms with Gasteiger partial charge in [-0.25, -0.2) is 0 Å². The summed E-state index contributed by atoms with van der Waals surface area (Å²) in [6, 6.07) is 0.640. The maximum atomic E-state index is 12.9. The molecule has 0 saturated heterocycles. The molecule has 6 heteroatoms. The Balaban J connectivity index is 1.69. The molecule has 0 bridgehead atoms. The Bertz CT molecular complexity index is 461. The Hall–Kier alpha value is -1.04. The van der Waals surface area contributed by atoms with E-state index in [9.17, 15) is 13.2 Å². The Morgan fingerprint density at radius 3 is 2.50 bits per heavy atom. The van der Waals surface area contributed by atoms with Gasteiger partial charge in [-0.3, -0.25) is 5.10 Å². The lowest BCUT2D eigenvalue weighted by atomic mass is 9.89. The molecule has 112 valence electrons. The number of hydrogen-bond donors (Lipinski definition) is 2. The van der Waals surface area contributed by atoms with Crippen molar-refractivity contribution in [3.05, 3.63) is 17.0 Å². The van der Waals surface area contributed by atoms with Crippen molar-refractivity contribution < 1.29 is 13.2 Å². The normalized spacial score (nSPS) is 24.6. The molecule has 0 amide bonds. The van der Waals surface area contributed by atoms with Gasteiger partial charge in [0.25, 0.3) is 0 Å². The van der Waals surface area contributed by atoms with Crippen LogP contribution in [0.1, 0.15) is 55.5 Å². The average Bonchev–Trinajstić information content (AvgIpc) is 2.83. The lowest BCUT2D eigenvalue weighted by Crippen LogP contribution is -2.42. The molecule has 1 aromatic heterocycles. The average molecular weight is 287 g/mol. The molecule has 3 nitrogen and oxygen atoms in total. The van der Waals surface area contributed by atoms with Crippen molar-refractivity contribution in [1.82, 2.24) is 15.5 Å². The van der Waals surface area contributed by atoms with Gasteiger partial charge in [0.05, 0.1) is 0 Å². The van der Waals surface area contributed by atoms with Crippen LogP contribution in [0.2, 0.25) is 0 Å². The number of nitrogens with one attached hydrogen (secondary N) is 2. The molecule has 0 spiro atoms.